The Kier molecular flexibility index (Phi) is 4.77. The lowest BCUT2D eigenvalue weighted by Crippen LogP contribution is -1.83. The molecule has 25 heavy (non-hydrogen) atoms. The van der Waals surface area contributed by atoms with Crippen LogP contribution in [0.2, 0.25) is 0 Å². The Bertz CT molecular complexity index is 1030. The summed E-state index contributed by atoms with van der Waals surface area (Å²) in [4.78, 5) is 3.12. The zero-order chi connectivity index (χ0) is 17.5. The normalized spacial score (nSPS) is 9.08. The van der Waals surface area contributed by atoms with Crippen LogP contribution in [0.25, 0.3) is 4.98 Å². The van der Waals surface area contributed by atoms with Gasteiger partial charge < -0.3 is 5.73 Å². The third-order valence-electron chi connectivity index (χ3n) is 3.48. The highest BCUT2D eigenvalue weighted by Crippen LogP contribution is 2.12. The molecule has 3 heteroatoms. The summed E-state index contributed by atoms with van der Waals surface area (Å²) in [5.41, 5.74) is 10.5. The van der Waals surface area contributed by atoms with Gasteiger partial charge in [-0.3, -0.25) is 0 Å². The molecule has 3 aromatic carbocycles. The van der Waals surface area contributed by atoms with Gasteiger partial charge in [0.2, 0.25) is 5.39 Å². The number of anilines is 1. The summed E-state index contributed by atoms with van der Waals surface area (Å²) in [6.07, 6.45) is 0. The van der Waals surface area contributed by atoms with Gasteiger partial charge in [-0.15, -0.1) is 0 Å². The van der Waals surface area contributed by atoms with Gasteiger partial charge in [0.15, 0.2) is 4.98 Å². The van der Waals surface area contributed by atoms with E-state index in [1.807, 2.05) is 60.7 Å². The van der Waals surface area contributed by atoms with Gasteiger partial charge in [0.1, 0.15) is 0 Å². The average Bonchev–Trinajstić information content (AvgIpc) is 2.67. The Balaban J connectivity index is 1.71. The first kappa shape index (κ1) is 15.9. The Morgan fingerprint density at radius 2 is 0.880 bits per heavy atom. The van der Waals surface area contributed by atoms with Gasteiger partial charge in [-0.25, -0.2) is 0 Å². The van der Waals surface area contributed by atoms with Crippen LogP contribution in [0.1, 0.15) is 22.3 Å². The molecule has 0 aliphatic heterocycles. The van der Waals surface area contributed by atoms with Crippen LogP contribution in [-0.2, 0) is 0 Å². The van der Waals surface area contributed by atoms with Crippen LogP contribution in [0.4, 0.5) is 11.4 Å². The molecule has 0 fully saturated rings. The van der Waals surface area contributed by atoms with Crippen molar-refractivity contribution < 1.29 is 0 Å². The van der Waals surface area contributed by atoms with E-state index in [1.165, 1.54) is 0 Å². The number of nitrogen functional groups attached to an aromatic ring is 1. The van der Waals surface area contributed by atoms with Crippen molar-refractivity contribution in [2.75, 3.05) is 5.73 Å². The number of rotatable bonds is 0. The molecule has 0 amide bonds. The van der Waals surface area contributed by atoms with Crippen molar-refractivity contribution in [1.82, 2.24) is 0 Å². The molecule has 0 heterocycles. The molecule has 3 nitrogen and oxygen atoms in total. The SMILES string of the molecule is N#[N+]c1ccc(C#Cc2ccc(C#Cc3ccc(N)cc3)cc2)cc1. The number of benzene rings is 3. The first-order valence-electron chi connectivity index (χ1n) is 7.68. The van der Waals surface area contributed by atoms with Crippen LogP contribution >= 0.6 is 0 Å². The van der Waals surface area contributed by atoms with E-state index in [2.05, 4.69) is 28.7 Å². The van der Waals surface area contributed by atoms with Gasteiger partial charge in [-0.2, -0.15) is 0 Å². The van der Waals surface area contributed by atoms with Gasteiger partial charge in [-0.1, -0.05) is 23.7 Å². The molecular weight excluding hydrogens is 306 g/mol. The van der Waals surface area contributed by atoms with Crippen LogP contribution < -0.4 is 5.73 Å². The van der Waals surface area contributed by atoms with Crippen molar-refractivity contribution in [2.24, 2.45) is 0 Å². The van der Waals surface area contributed by atoms with Crippen molar-refractivity contribution in [3.63, 3.8) is 0 Å². The molecular formula is C22H14N3+. The monoisotopic (exact) mass is 320 g/mol. The quantitative estimate of drug-likeness (QED) is 0.375. The molecule has 0 unspecified atom stereocenters. The zero-order valence-electron chi connectivity index (χ0n) is 13.4. The summed E-state index contributed by atoms with van der Waals surface area (Å²) in [5, 5.41) is 8.66. The van der Waals surface area contributed by atoms with Crippen LogP contribution in [0.3, 0.4) is 0 Å². The second kappa shape index (κ2) is 7.51. The van der Waals surface area contributed by atoms with Crippen LogP contribution in [-0.4, -0.2) is 0 Å². The first-order valence-corrected chi connectivity index (χ1v) is 7.68. The molecule has 0 aliphatic carbocycles. The Morgan fingerprint density at radius 1 is 0.560 bits per heavy atom. The number of nitrogens with zero attached hydrogens (tertiary/aromatic N) is 2. The van der Waals surface area contributed by atoms with E-state index in [-0.39, 0.29) is 0 Å². The molecule has 0 aromatic heterocycles. The third-order valence-corrected chi connectivity index (χ3v) is 3.48. The van der Waals surface area contributed by atoms with Crippen LogP contribution in [0.15, 0.2) is 72.8 Å². The van der Waals surface area contributed by atoms with E-state index in [1.54, 1.807) is 12.1 Å². The lowest BCUT2D eigenvalue weighted by atomic mass is 10.1. The first-order chi connectivity index (χ1) is 12.2. The molecule has 3 aromatic rings. The summed E-state index contributed by atoms with van der Waals surface area (Å²) >= 11 is 0. The molecule has 0 radical (unpaired) electrons. The standard InChI is InChI=1S/C22H14N3/c23-21-13-9-19(10-14-21)7-5-17-1-3-18(4-2-17)6-8-20-11-15-22(25-24)16-12-20/h1-4,9-16H,23H2/q+1. The molecule has 0 saturated heterocycles. The minimum Gasteiger partial charge on any atom is -0.399 e. The number of hydrogen-bond acceptors (Lipinski definition) is 2. The van der Waals surface area contributed by atoms with Gasteiger partial charge in [0.25, 0.3) is 0 Å². The minimum absolute atomic E-state index is 0.509. The summed E-state index contributed by atoms with van der Waals surface area (Å²) in [5.74, 6) is 12.4. The van der Waals surface area contributed by atoms with Crippen molar-refractivity contribution in [2.45, 2.75) is 0 Å². The Labute approximate surface area is 146 Å². The molecule has 116 valence electrons. The molecule has 0 bridgehead atoms. The Hall–Kier alpha value is -4.00. The van der Waals surface area contributed by atoms with Gasteiger partial charge in [-0.05, 0) is 60.7 Å². The van der Waals surface area contributed by atoms with Gasteiger partial charge >= 0.3 is 5.69 Å². The fourth-order valence-electron chi connectivity index (χ4n) is 2.10. The van der Waals surface area contributed by atoms with E-state index < -0.39 is 0 Å². The summed E-state index contributed by atoms with van der Waals surface area (Å²) in [6.45, 7) is 0. The lowest BCUT2D eigenvalue weighted by Gasteiger charge is -1.93. The smallest absolute Gasteiger partial charge is 0.385 e. The van der Waals surface area contributed by atoms with E-state index in [9.17, 15) is 0 Å². The molecule has 0 atom stereocenters. The van der Waals surface area contributed by atoms with Crippen molar-refractivity contribution in [3.8, 4) is 23.7 Å². The molecule has 0 saturated carbocycles. The number of diazo groups is 1. The fraction of sp³-hybridized carbons (Fsp3) is 0. The molecule has 0 spiro atoms. The molecule has 2 N–H and O–H groups in total. The highest BCUT2D eigenvalue weighted by Gasteiger charge is 2.00. The van der Waals surface area contributed by atoms with Crippen molar-refractivity contribution >= 4 is 11.4 Å². The van der Waals surface area contributed by atoms with E-state index >= 15 is 0 Å². The highest BCUT2D eigenvalue weighted by molar-refractivity contribution is 5.52. The largest absolute Gasteiger partial charge is 0.399 e. The van der Waals surface area contributed by atoms with E-state index in [0.717, 1.165) is 27.9 Å². The summed E-state index contributed by atoms with van der Waals surface area (Å²) in [6, 6.07) is 22.3. The fourth-order valence-corrected chi connectivity index (χ4v) is 2.10. The van der Waals surface area contributed by atoms with Gasteiger partial charge in [0.05, 0.1) is 0 Å². The zero-order valence-corrected chi connectivity index (χ0v) is 13.4. The lowest BCUT2D eigenvalue weighted by molar-refractivity contribution is 1.46. The van der Waals surface area contributed by atoms with Crippen molar-refractivity contribution in [1.29, 1.82) is 5.39 Å². The predicted octanol–water partition coefficient (Wildman–Crippen LogP) is 4.55. The van der Waals surface area contributed by atoms with E-state index in [0.29, 0.717) is 5.69 Å². The predicted molar refractivity (Wildman–Crippen MR) is 100 cm³/mol. The molecule has 3 rings (SSSR count). The second-order valence-corrected chi connectivity index (χ2v) is 5.35. The third kappa shape index (κ3) is 4.49. The Morgan fingerprint density at radius 3 is 1.24 bits per heavy atom. The molecule has 0 aliphatic rings. The van der Waals surface area contributed by atoms with Crippen LogP contribution in [0.5, 0.6) is 0 Å². The van der Waals surface area contributed by atoms with E-state index in [4.69, 9.17) is 11.1 Å². The highest BCUT2D eigenvalue weighted by atomic mass is 14.8. The summed E-state index contributed by atoms with van der Waals surface area (Å²) < 4.78 is 0. The maximum absolute atomic E-state index is 8.66. The summed E-state index contributed by atoms with van der Waals surface area (Å²) in [7, 11) is 0. The number of hydrogen-bond donors (Lipinski definition) is 1. The average molecular weight is 320 g/mol. The maximum atomic E-state index is 8.66. The van der Waals surface area contributed by atoms with Crippen LogP contribution in [0, 0.1) is 29.1 Å². The van der Waals surface area contributed by atoms with Crippen molar-refractivity contribution in [3.05, 3.63) is 100 Å². The number of nitrogens with two attached hydrogens (primary N) is 1. The second-order valence-electron chi connectivity index (χ2n) is 5.35. The van der Waals surface area contributed by atoms with Gasteiger partial charge in [0, 0.05) is 40.1 Å². The maximum Gasteiger partial charge on any atom is 0.385 e. The minimum atomic E-state index is 0.509. The topological polar surface area (TPSA) is 54.2 Å².